The monoisotopic (exact) mass is 304 g/mol. The first-order valence-electron chi connectivity index (χ1n) is 5.07. The molecule has 0 saturated heterocycles. The number of aryl methyl sites for hydroxylation is 1. The number of rotatable bonds is 5. The molecule has 0 fully saturated rings. The van der Waals surface area contributed by atoms with Crippen molar-refractivity contribution in [1.29, 1.82) is 0 Å². The topological polar surface area (TPSA) is 32.3 Å². The van der Waals surface area contributed by atoms with E-state index >= 15 is 0 Å². The predicted octanol–water partition coefficient (Wildman–Crippen LogP) is 1.93. The highest BCUT2D eigenvalue weighted by Crippen LogP contribution is 2.18. The molecule has 0 aliphatic carbocycles. The van der Waals surface area contributed by atoms with Crippen LogP contribution in [0.25, 0.3) is 0 Å². The van der Waals surface area contributed by atoms with E-state index in [9.17, 15) is 4.21 Å². The summed E-state index contributed by atoms with van der Waals surface area (Å²) < 4.78 is 15.9. The van der Waals surface area contributed by atoms with Gasteiger partial charge in [0.15, 0.2) is 0 Å². The second-order valence-corrected chi connectivity index (χ2v) is 6.03. The minimum atomic E-state index is -1.12. The van der Waals surface area contributed by atoms with Crippen LogP contribution in [-0.2, 0) is 11.0 Å². The minimum absolute atomic E-state index is 0.717. The van der Waals surface area contributed by atoms with Crippen LogP contribution < -0.4 is 4.72 Å². The molecule has 90 valence electrons. The Bertz CT molecular complexity index is 382. The molecule has 0 amide bonds. The van der Waals surface area contributed by atoms with E-state index in [1.165, 1.54) is 0 Å². The van der Waals surface area contributed by atoms with Crippen molar-refractivity contribution in [2.75, 3.05) is 27.2 Å². The summed E-state index contributed by atoms with van der Waals surface area (Å²) in [6.07, 6.45) is 0. The highest BCUT2D eigenvalue weighted by atomic mass is 79.9. The molecule has 5 heteroatoms. The number of halogens is 1. The fourth-order valence-corrected chi connectivity index (χ4v) is 2.34. The van der Waals surface area contributed by atoms with Gasteiger partial charge in [0.1, 0.15) is 11.0 Å². The third-order valence-corrected chi connectivity index (χ3v) is 4.17. The van der Waals surface area contributed by atoms with Gasteiger partial charge in [0.05, 0.1) is 4.90 Å². The summed E-state index contributed by atoms with van der Waals surface area (Å²) in [6.45, 7) is 3.58. The van der Waals surface area contributed by atoms with Gasteiger partial charge in [0.2, 0.25) is 0 Å². The molecule has 1 N–H and O–H groups in total. The Kier molecular flexibility index (Phi) is 5.61. The lowest BCUT2D eigenvalue weighted by molar-refractivity contribution is 0.414. The molecule has 0 spiro atoms. The number of hydrogen-bond acceptors (Lipinski definition) is 2. The summed E-state index contributed by atoms with van der Waals surface area (Å²) in [6, 6.07) is 5.73. The van der Waals surface area contributed by atoms with Crippen LogP contribution in [0.3, 0.4) is 0 Å². The first kappa shape index (κ1) is 13.8. The number of likely N-dealkylation sites (N-methyl/N-ethyl adjacent to an activating group) is 1. The molecule has 0 radical (unpaired) electrons. The molecule has 1 rings (SSSR count). The number of nitrogens with zero attached hydrogens (tertiary/aromatic N) is 1. The number of benzene rings is 1. The predicted molar refractivity (Wildman–Crippen MR) is 71.8 cm³/mol. The second kappa shape index (κ2) is 6.49. The molecule has 1 aromatic carbocycles. The van der Waals surface area contributed by atoms with E-state index in [0.717, 1.165) is 21.5 Å². The van der Waals surface area contributed by atoms with E-state index in [4.69, 9.17) is 0 Å². The summed E-state index contributed by atoms with van der Waals surface area (Å²) in [5.41, 5.74) is 1.10. The Labute approximate surface area is 108 Å². The highest BCUT2D eigenvalue weighted by Gasteiger charge is 2.04. The number of hydrogen-bond donors (Lipinski definition) is 1. The van der Waals surface area contributed by atoms with Gasteiger partial charge in [-0.3, -0.25) is 0 Å². The largest absolute Gasteiger partial charge is 0.308 e. The van der Waals surface area contributed by atoms with Crippen LogP contribution in [0.5, 0.6) is 0 Å². The zero-order valence-corrected chi connectivity index (χ0v) is 12.2. The second-order valence-electron chi connectivity index (χ2n) is 3.88. The summed E-state index contributed by atoms with van der Waals surface area (Å²) in [4.78, 5) is 2.87. The molecule has 0 bridgehead atoms. The third-order valence-electron chi connectivity index (χ3n) is 2.14. The maximum Gasteiger partial charge on any atom is 0.124 e. The van der Waals surface area contributed by atoms with Gasteiger partial charge in [0.25, 0.3) is 0 Å². The molecule has 1 aromatic rings. The summed E-state index contributed by atoms with van der Waals surface area (Å²) in [5.74, 6) is 0. The minimum Gasteiger partial charge on any atom is -0.308 e. The van der Waals surface area contributed by atoms with Gasteiger partial charge >= 0.3 is 0 Å². The van der Waals surface area contributed by atoms with Crippen molar-refractivity contribution >= 4 is 26.9 Å². The zero-order chi connectivity index (χ0) is 12.1. The van der Waals surface area contributed by atoms with Gasteiger partial charge < -0.3 is 4.90 Å². The Balaban J connectivity index is 2.56. The zero-order valence-electron chi connectivity index (χ0n) is 9.79. The Morgan fingerprint density at radius 1 is 1.44 bits per heavy atom. The smallest absolute Gasteiger partial charge is 0.124 e. The lowest BCUT2D eigenvalue weighted by atomic mass is 10.2. The molecular formula is C11H17BrN2OS. The normalized spacial score (nSPS) is 13.1. The lowest BCUT2D eigenvalue weighted by Crippen LogP contribution is -2.27. The van der Waals surface area contributed by atoms with Gasteiger partial charge in [0, 0.05) is 17.6 Å². The average Bonchev–Trinajstić information content (AvgIpc) is 2.21. The Hall–Kier alpha value is -0.230. The number of nitrogens with one attached hydrogen (secondary N) is 1. The van der Waals surface area contributed by atoms with Gasteiger partial charge in [-0.25, -0.2) is 8.93 Å². The standard InChI is InChI=1S/C11H17BrN2OS/c1-9-8-10(4-5-11(9)12)16(15)13-6-7-14(2)3/h4-5,8,13H,6-7H2,1-3H3. The fourth-order valence-electron chi connectivity index (χ4n) is 1.18. The van der Waals surface area contributed by atoms with Gasteiger partial charge in [-0.2, -0.15) is 0 Å². The van der Waals surface area contributed by atoms with Crippen LogP contribution in [-0.4, -0.2) is 36.3 Å². The molecule has 0 heterocycles. The lowest BCUT2D eigenvalue weighted by Gasteiger charge is -2.10. The summed E-state index contributed by atoms with van der Waals surface area (Å²) >= 11 is 3.42. The van der Waals surface area contributed by atoms with Crippen LogP contribution in [0.15, 0.2) is 27.6 Å². The first-order chi connectivity index (χ1) is 7.50. The average molecular weight is 305 g/mol. The molecule has 0 aliphatic heterocycles. The van der Waals surface area contributed by atoms with Crippen molar-refractivity contribution < 1.29 is 4.21 Å². The van der Waals surface area contributed by atoms with Crippen molar-refractivity contribution in [3.63, 3.8) is 0 Å². The van der Waals surface area contributed by atoms with E-state index < -0.39 is 11.0 Å². The van der Waals surface area contributed by atoms with Gasteiger partial charge in [-0.05, 0) is 44.8 Å². The van der Waals surface area contributed by atoms with Crippen LogP contribution >= 0.6 is 15.9 Å². The molecule has 3 nitrogen and oxygen atoms in total. The first-order valence-corrected chi connectivity index (χ1v) is 7.01. The highest BCUT2D eigenvalue weighted by molar-refractivity contribution is 9.10. The Morgan fingerprint density at radius 2 is 2.12 bits per heavy atom. The van der Waals surface area contributed by atoms with Crippen molar-refractivity contribution in [3.8, 4) is 0 Å². The van der Waals surface area contributed by atoms with Gasteiger partial charge in [-0.1, -0.05) is 15.9 Å². The molecular weight excluding hydrogens is 288 g/mol. The maximum atomic E-state index is 11.9. The van der Waals surface area contributed by atoms with Crippen LogP contribution in [0.1, 0.15) is 5.56 Å². The van der Waals surface area contributed by atoms with Crippen molar-refractivity contribution in [2.45, 2.75) is 11.8 Å². The van der Waals surface area contributed by atoms with Crippen LogP contribution in [0.2, 0.25) is 0 Å². The quantitative estimate of drug-likeness (QED) is 0.901. The van der Waals surface area contributed by atoms with Crippen molar-refractivity contribution in [1.82, 2.24) is 9.62 Å². The Morgan fingerprint density at radius 3 is 2.69 bits per heavy atom. The van der Waals surface area contributed by atoms with Crippen molar-refractivity contribution in [2.24, 2.45) is 0 Å². The van der Waals surface area contributed by atoms with E-state index in [-0.39, 0.29) is 0 Å². The third kappa shape index (κ3) is 4.33. The molecule has 0 aliphatic rings. The van der Waals surface area contributed by atoms with Gasteiger partial charge in [-0.15, -0.1) is 0 Å². The van der Waals surface area contributed by atoms with E-state index in [0.29, 0.717) is 6.54 Å². The molecule has 1 atom stereocenters. The summed E-state index contributed by atoms with van der Waals surface area (Å²) in [5, 5.41) is 0. The van der Waals surface area contributed by atoms with E-state index in [1.807, 2.05) is 39.2 Å². The maximum absolute atomic E-state index is 11.9. The van der Waals surface area contributed by atoms with Crippen LogP contribution in [0.4, 0.5) is 0 Å². The molecule has 0 saturated carbocycles. The summed E-state index contributed by atoms with van der Waals surface area (Å²) in [7, 11) is 2.87. The van der Waals surface area contributed by atoms with E-state index in [2.05, 4.69) is 25.6 Å². The fraction of sp³-hybridized carbons (Fsp3) is 0.455. The van der Waals surface area contributed by atoms with Crippen molar-refractivity contribution in [3.05, 3.63) is 28.2 Å². The SMILES string of the molecule is Cc1cc(S(=O)NCCN(C)C)ccc1Br. The van der Waals surface area contributed by atoms with Crippen LogP contribution in [0, 0.1) is 6.92 Å². The molecule has 16 heavy (non-hydrogen) atoms. The van der Waals surface area contributed by atoms with E-state index in [1.54, 1.807) is 0 Å². The molecule has 1 unspecified atom stereocenters. The molecule has 0 aromatic heterocycles.